The molecule has 1 heterocycles. The van der Waals surface area contributed by atoms with Crippen molar-refractivity contribution in [1.82, 2.24) is 15.6 Å². The molecule has 6 heteroatoms. The molecule has 0 aliphatic rings. The van der Waals surface area contributed by atoms with Gasteiger partial charge in [-0.2, -0.15) is 0 Å². The maximum absolute atomic E-state index is 11.8. The molecule has 0 aromatic carbocycles. The number of carbonyl (C=O) groups is 2. The smallest absolute Gasteiger partial charge is 0.270 e. The topological polar surface area (TPSA) is 91.3 Å². The number of pyridine rings is 1. The van der Waals surface area contributed by atoms with E-state index in [4.69, 9.17) is 5.11 Å². The zero-order valence-corrected chi connectivity index (χ0v) is 12.0. The Balaban J connectivity index is 2.48. The highest BCUT2D eigenvalue weighted by Crippen LogP contribution is 1.99. The first-order valence-corrected chi connectivity index (χ1v) is 6.78. The van der Waals surface area contributed by atoms with Gasteiger partial charge in [0.05, 0.1) is 13.2 Å². The van der Waals surface area contributed by atoms with Gasteiger partial charge in [-0.3, -0.25) is 9.59 Å². The Bertz CT molecular complexity index is 529. The number of aliphatic hydroxyl groups is 1. The summed E-state index contributed by atoms with van der Waals surface area (Å²) in [5.41, 5.74) is 0.895. The fourth-order valence-electron chi connectivity index (χ4n) is 1.40. The normalized spacial score (nSPS) is 9.43. The lowest BCUT2D eigenvalue weighted by Crippen LogP contribution is -2.37. The summed E-state index contributed by atoms with van der Waals surface area (Å²) in [4.78, 5) is 27.1. The van der Waals surface area contributed by atoms with Gasteiger partial charge >= 0.3 is 0 Å². The van der Waals surface area contributed by atoms with Gasteiger partial charge in [-0.05, 0) is 18.6 Å². The first kappa shape index (κ1) is 16.7. The van der Waals surface area contributed by atoms with Gasteiger partial charge in [-0.15, -0.1) is 0 Å². The fourth-order valence-corrected chi connectivity index (χ4v) is 1.40. The maximum Gasteiger partial charge on any atom is 0.270 e. The fraction of sp³-hybridized carbons (Fsp3) is 0.400. The van der Waals surface area contributed by atoms with Crippen molar-refractivity contribution in [1.29, 1.82) is 0 Å². The van der Waals surface area contributed by atoms with E-state index in [1.54, 1.807) is 12.1 Å². The van der Waals surface area contributed by atoms with Crippen molar-refractivity contribution in [2.45, 2.75) is 19.8 Å². The van der Waals surface area contributed by atoms with Crippen molar-refractivity contribution in [3.63, 3.8) is 0 Å². The molecule has 1 rings (SSSR count). The van der Waals surface area contributed by atoms with E-state index in [0.29, 0.717) is 18.5 Å². The summed E-state index contributed by atoms with van der Waals surface area (Å²) in [6, 6.07) is 3.21. The summed E-state index contributed by atoms with van der Waals surface area (Å²) in [5.74, 6) is 4.95. The predicted octanol–water partition coefficient (Wildman–Crippen LogP) is 0.0715. The summed E-state index contributed by atoms with van der Waals surface area (Å²) in [6.07, 6.45) is 2.73. The molecule has 0 atom stereocenters. The van der Waals surface area contributed by atoms with Gasteiger partial charge in [-0.1, -0.05) is 18.8 Å². The molecule has 1 aromatic rings. The minimum atomic E-state index is -0.406. The van der Waals surface area contributed by atoms with Crippen LogP contribution in [0.5, 0.6) is 0 Å². The van der Waals surface area contributed by atoms with E-state index in [2.05, 4.69) is 27.5 Å². The molecule has 0 fully saturated rings. The molecule has 6 nitrogen and oxygen atoms in total. The van der Waals surface area contributed by atoms with Crippen LogP contribution in [0.4, 0.5) is 0 Å². The van der Waals surface area contributed by atoms with Crippen LogP contribution in [0.2, 0.25) is 0 Å². The molecular formula is C15H19N3O3. The predicted molar refractivity (Wildman–Crippen MR) is 78.5 cm³/mol. The average Bonchev–Trinajstić information content (AvgIpc) is 2.51. The SMILES string of the molecule is CCCNC(=O)CNC(=O)c1ccc(C#CCCO)cn1. The summed E-state index contributed by atoms with van der Waals surface area (Å²) in [6.45, 7) is 2.49. The van der Waals surface area contributed by atoms with Gasteiger partial charge in [0.1, 0.15) is 5.69 Å². The number of aromatic nitrogens is 1. The molecular weight excluding hydrogens is 270 g/mol. The van der Waals surface area contributed by atoms with Gasteiger partial charge in [0.25, 0.3) is 5.91 Å². The van der Waals surface area contributed by atoms with Gasteiger partial charge < -0.3 is 15.7 Å². The Morgan fingerprint density at radius 2 is 2.14 bits per heavy atom. The van der Waals surface area contributed by atoms with Crippen molar-refractivity contribution >= 4 is 11.8 Å². The number of amides is 2. The van der Waals surface area contributed by atoms with Crippen molar-refractivity contribution < 1.29 is 14.7 Å². The highest BCUT2D eigenvalue weighted by molar-refractivity contribution is 5.94. The molecule has 3 N–H and O–H groups in total. The second kappa shape index (κ2) is 9.50. The number of nitrogens with one attached hydrogen (secondary N) is 2. The molecule has 21 heavy (non-hydrogen) atoms. The van der Waals surface area contributed by atoms with Gasteiger partial charge in [-0.25, -0.2) is 4.98 Å². The van der Waals surface area contributed by atoms with E-state index < -0.39 is 5.91 Å². The quantitative estimate of drug-likeness (QED) is 0.646. The van der Waals surface area contributed by atoms with Crippen LogP contribution in [0.1, 0.15) is 35.8 Å². The highest BCUT2D eigenvalue weighted by Gasteiger charge is 2.08. The van der Waals surface area contributed by atoms with Crippen molar-refractivity contribution in [2.75, 3.05) is 19.7 Å². The molecule has 0 spiro atoms. The van der Waals surface area contributed by atoms with E-state index >= 15 is 0 Å². The average molecular weight is 289 g/mol. The van der Waals surface area contributed by atoms with Crippen LogP contribution in [0.25, 0.3) is 0 Å². The Hall–Kier alpha value is -2.39. The number of hydrogen-bond acceptors (Lipinski definition) is 4. The van der Waals surface area contributed by atoms with Crippen LogP contribution in [0.3, 0.4) is 0 Å². The van der Waals surface area contributed by atoms with Crippen LogP contribution in [0, 0.1) is 11.8 Å². The Kier molecular flexibility index (Phi) is 7.54. The highest BCUT2D eigenvalue weighted by atomic mass is 16.2. The number of rotatable bonds is 6. The van der Waals surface area contributed by atoms with Gasteiger partial charge in [0, 0.05) is 24.7 Å². The largest absolute Gasteiger partial charge is 0.395 e. The summed E-state index contributed by atoms with van der Waals surface area (Å²) >= 11 is 0. The third-order valence-electron chi connectivity index (χ3n) is 2.45. The monoisotopic (exact) mass is 289 g/mol. The second-order valence-electron chi connectivity index (χ2n) is 4.24. The molecule has 0 unspecified atom stereocenters. The zero-order valence-electron chi connectivity index (χ0n) is 12.0. The maximum atomic E-state index is 11.8. The second-order valence-corrected chi connectivity index (χ2v) is 4.24. The van der Waals surface area contributed by atoms with E-state index in [1.807, 2.05) is 6.92 Å². The molecule has 0 saturated carbocycles. The summed E-state index contributed by atoms with van der Waals surface area (Å²) in [5, 5.41) is 13.8. The lowest BCUT2D eigenvalue weighted by Gasteiger charge is -2.05. The molecule has 112 valence electrons. The molecule has 0 aliphatic heterocycles. The molecule has 1 aromatic heterocycles. The van der Waals surface area contributed by atoms with E-state index in [9.17, 15) is 9.59 Å². The standard InChI is InChI=1S/C15H19N3O3/c1-2-8-16-14(20)11-18-15(21)13-7-6-12(10-17-13)5-3-4-9-19/h6-7,10,19H,2,4,8-9,11H2,1H3,(H,16,20)(H,18,21). The third-order valence-corrected chi connectivity index (χ3v) is 2.45. The van der Waals surface area contributed by atoms with E-state index in [0.717, 1.165) is 6.42 Å². The van der Waals surface area contributed by atoms with Gasteiger partial charge in [0.2, 0.25) is 5.91 Å². The van der Waals surface area contributed by atoms with Crippen molar-refractivity contribution in [3.8, 4) is 11.8 Å². The van der Waals surface area contributed by atoms with E-state index in [1.165, 1.54) is 6.20 Å². The molecule has 2 amide bonds. The lowest BCUT2D eigenvalue weighted by atomic mass is 10.2. The van der Waals surface area contributed by atoms with E-state index in [-0.39, 0.29) is 24.8 Å². The number of aliphatic hydroxyl groups excluding tert-OH is 1. The minimum Gasteiger partial charge on any atom is -0.395 e. The minimum absolute atomic E-state index is 0.0149. The first-order chi connectivity index (χ1) is 10.2. The molecule has 0 radical (unpaired) electrons. The van der Waals surface area contributed by atoms with Crippen LogP contribution in [-0.2, 0) is 4.79 Å². The van der Waals surface area contributed by atoms with Crippen LogP contribution >= 0.6 is 0 Å². The third kappa shape index (κ3) is 6.54. The molecule has 0 saturated heterocycles. The first-order valence-electron chi connectivity index (χ1n) is 6.78. The molecule has 0 aliphatic carbocycles. The van der Waals surface area contributed by atoms with Crippen LogP contribution in [0.15, 0.2) is 18.3 Å². The number of nitrogens with zero attached hydrogens (tertiary/aromatic N) is 1. The number of hydrogen-bond donors (Lipinski definition) is 3. The Labute approximate surface area is 124 Å². The summed E-state index contributed by atoms with van der Waals surface area (Å²) in [7, 11) is 0. The number of carbonyl (C=O) groups excluding carboxylic acids is 2. The lowest BCUT2D eigenvalue weighted by molar-refractivity contribution is -0.120. The Morgan fingerprint density at radius 3 is 2.76 bits per heavy atom. The molecule has 0 bridgehead atoms. The van der Waals surface area contributed by atoms with Crippen LogP contribution < -0.4 is 10.6 Å². The van der Waals surface area contributed by atoms with Crippen molar-refractivity contribution in [2.24, 2.45) is 0 Å². The zero-order chi connectivity index (χ0) is 15.5. The Morgan fingerprint density at radius 1 is 1.33 bits per heavy atom. The van der Waals surface area contributed by atoms with Gasteiger partial charge in [0.15, 0.2) is 0 Å². The van der Waals surface area contributed by atoms with Crippen molar-refractivity contribution in [3.05, 3.63) is 29.6 Å². The summed E-state index contributed by atoms with van der Waals surface area (Å²) < 4.78 is 0. The van der Waals surface area contributed by atoms with Crippen LogP contribution in [-0.4, -0.2) is 41.6 Å².